The molecule has 0 aliphatic rings. The Hall–Kier alpha value is -3.36. The van der Waals surface area contributed by atoms with E-state index in [0.29, 0.717) is 11.3 Å². The summed E-state index contributed by atoms with van der Waals surface area (Å²) >= 11 is 6.19. The zero-order chi connectivity index (χ0) is 21.9. The Kier molecular flexibility index (Phi) is 6.09. The zero-order valence-electron chi connectivity index (χ0n) is 15.8. The van der Waals surface area contributed by atoms with Crippen molar-refractivity contribution in [3.63, 3.8) is 0 Å². The fourth-order valence-corrected chi connectivity index (χ4v) is 3.94. The van der Waals surface area contributed by atoms with Crippen molar-refractivity contribution >= 4 is 44.8 Å². The highest BCUT2D eigenvalue weighted by molar-refractivity contribution is 7.92. The van der Waals surface area contributed by atoms with Gasteiger partial charge >= 0.3 is 0 Å². The lowest BCUT2D eigenvalue weighted by Crippen LogP contribution is -2.15. The Bertz CT molecular complexity index is 1210. The number of nitrogens with two attached hydrogens (primary N) is 1. The molecule has 0 atom stereocenters. The van der Waals surface area contributed by atoms with Crippen LogP contribution in [0, 0.1) is 6.92 Å². The van der Waals surface area contributed by atoms with Crippen LogP contribution in [-0.4, -0.2) is 20.2 Å². The maximum absolute atomic E-state index is 12.5. The molecule has 4 N–H and O–H groups in total. The Labute approximate surface area is 178 Å². The van der Waals surface area contributed by atoms with Crippen LogP contribution in [0.5, 0.6) is 0 Å². The van der Waals surface area contributed by atoms with E-state index in [1.54, 1.807) is 24.3 Å². The average Bonchev–Trinajstić information content (AvgIpc) is 2.70. The fourth-order valence-electron chi connectivity index (χ4n) is 2.58. The number of halogens is 1. The van der Waals surface area contributed by atoms with Crippen molar-refractivity contribution < 1.29 is 18.0 Å². The molecule has 9 heteroatoms. The maximum Gasteiger partial charge on any atom is 0.261 e. The van der Waals surface area contributed by atoms with Crippen LogP contribution in [0.2, 0.25) is 5.02 Å². The van der Waals surface area contributed by atoms with Gasteiger partial charge in [-0.25, -0.2) is 8.42 Å². The van der Waals surface area contributed by atoms with Gasteiger partial charge in [0.25, 0.3) is 15.9 Å². The van der Waals surface area contributed by atoms with E-state index in [1.165, 1.54) is 42.5 Å². The zero-order valence-corrected chi connectivity index (χ0v) is 17.4. The van der Waals surface area contributed by atoms with E-state index in [1.807, 2.05) is 6.92 Å². The number of aryl methyl sites for hydroxylation is 1. The second-order valence-electron chi connectivity index (χ2n) is 6.51. The summed E-state index contributed by atoms with van der Waals surface area (Å²) in [6.45, 7) is 1.86. The molecule has 3 aromatic carbocycles. The third kappa shape index (κ3) is 4.97. The van der Waals surface area contributed by atoms with E-state index >= 15 is 0 Å². The van der Waals surface area contributed by atoms with Crippen molar-refractivity contribution in [2.24, 2.45) is 5.73 Å². The molecule has 0 spiro atoms. The first-order chi connectivity index (χ1) is 14.2. The second kappa shape index (κ2) is 8.56. The van der Waals surface area contributed by atoms with Crippen LogP contribution < -0.4 is 15.8 Å². The largest absolute Gasteiger partial charge is 0.366 e. The summed E-state index contributed by atoms with van der Waals surface area (Å²) in [5.41, 5.74) is 7.29. The van der Waals surface area contributed by atoms with Gasteiger partial charge in [0.1, 0.15) is 0 Å². The predicted molar refractivity (Wildman–Crippen MR) is 116 cm³/mol. The van der Waals surface area contributed by atoms with E-state index in [4.69, 9.17) is 17.3 Å². The first-order valence-electron chi connectivity index (χ1n) is 8.76. The van der Waals surface area contributed by atoms with Crippen molar-refractivity contribution in [1.82, 2.24) is 0 Å². The number of carbonyl (C=O) groups excluding carboxylic acids is 2. The molecule has 0 fully saturated rings. The predicted octanol–water partition coefficient (Wildman–Crippen LogP) is 3.80. The molecule has 0 saturated carbocycles. The van der Waals surface area contributed by atoms with Gasteiger partial charge in [-0.2, -0.15) is 0 Å². The lowest BCUT2D eigenvalue weighted by molar-refractivity contribution is 0.0998. The number of primary amides is 1. The lowest BCUT2D eigenvalue weighted by atomic mass is 10.1. The highest BCUT2D eigenvalue weighted by Crippen LogP contribution is 2.26. The molecule has 0 radical (unpaired) electrons. The van der Waals surface area contributed by atoms with E-state index in [2.05, 4.69) is 10.0 Å². The SMILES string of the molecule is Cc1ccc(S(=O)(=O)Nc2ccc(C(=O)Nc3ccc(C(N)=O)cc3)cc2Cl)cc1. The first-order valence-corrected chi connectivity index (χ1v) is 10.6. The van der Waals surface area contributed by atoms with Crippen LogP contribution >= 0.6 is 11.6 Å². The Morgan fingerprint density at radius 3 is 2.07 bits per heavy atom. The molecule has 0 aliphatic carbocycles. The second-order valence-corrected chi connectivity index (χ2v) is 8.60. The molecule has 0 aromatic heterocycles. The van der Waals surface area contributed by atoms with Crippen molar-refractivity contribution in [2.45, 2.75) is 11.8 Å². The average molecular weight is 444 g/mol. The number of rotatable bonds is 6. The third-order valence-electron chi connectivity index (χ3n) is 4.23. The van der Waals surface area contributed by atoms with E-state index in [0.717, 1.165) is 5.56 Å². The Balaban J connectivity index is 1.75. The van der Waals surface area contributed by atoms with Crippen LogP contribution in [-0.2, 0) is 10.0 Å². The van der Waals surface area contributed by atoms with Gasteiger partial charge in [-0.1, -0.05) is 29.3 Å². The van der Waals surface area contributed by atoms with Gasteiger partial charge in [-0.3, -0.25) is 14.3 Å². The quantitative estimate of drug-likeness (QED) is 0.536. The van der Waals surface area contributed by atoms with Crippen molar-refractivity contribution in [1.29, 1.82) is 0 Å². The molecule has 7 nitrogen and oxygen atoms in total. The first kappa shape index (κ1) is 21.4. The number of hydrogen-bond acceptors (Lipinski definition) is 4. The van der Waals surface area contributed by atoms with Crippen LogP contribution in [0.4, 0.5) is 11.4 Å². The molecule has 154 valence electrons. The fraction of sp³-hybridized carbons (Fsp3) is 0.0476. The van der Waals surface area contributed by atoms with E-state index < -0.39 is 21.8 Å². The number of sulfonamides is 1. The number of anilines is 2. The summed E-state index contributed by atoms with van der Waals surface area (Å²) < 4.78 is 27.5. The summed E-state index contributed by atoms with van der Waals surface area (Å²) in [6.07, 6.45) is 0. The molecule has 3 rings (SSSR count). The summed E-state index contributed by atoms with van der Waals surface area (Å²) in [4.78, 5) is 23.6. The van der Waals surface area contributed by atoms with E-state index in [-0.39, 0.29) is 21.2 Å². The van der Waals surface area contributed by atoms with Crippen molar-refractivity contribution in [3.05, 3.63) is 88.4 Å². The third-order valence-corrected chi connectivity index (χ3v) is 5.93. The smallest absolute Gasteiger partial charge is 0.261 e. The molecule has 0 saturated heterocycles. The van der Waals surface area contributed by atoms with Crippen LogP contribution in [0.3, 0.4) is 0 Å². The minimum absolute atomic E-state index is 0.0717. The molecule has 0 heterocycles. The van der Waals surface area contributed by atoms with Crippen LogP contribution in [0.25, 0.3) is 0 Å². The molecule has 0 aliphatic heterocycles. The molecule has 0 bridgehead atoms. The summed E-state index contributed by atoms with van der Waals surface area (Å²) in [5.74, 6) is -1.01. The minimum atomic E-state index is -3.82. The Morgan fingerprint density at radius 1 is 0.900 bits per heavy atom. The van der Waals surface area contributed by atoms with Gasteiger partial charge in [-0.15, -0.1) is 0 Å². The summed E-state index contributed by atoms with van der Waals surface area (Å²) in [7, 11) is -3.82. The Morgan fingerprint density at radius 2 is 1.50 bits per heavy atom. The molecule has 2 amide bonds. The number of hydrogen-bond donors (Lipinski definition) is 3. The van der Waals surface area contributed by atoms with E-state index in [9.17, 15) is 18.0 Å². The van der Waals surface area contributed by atoms with Gasteiger partial charge < -0.3 is 11.1 Å². The molecule has 30 heavy (non-hydrogen) atoms. The van der Waals surface area contributed by atoms with Gasteiger partial charge in [-0.05, 0) is 61.5 Å². The van der Waals surface area contributed by atoms with Crippen molar-refractivity contribution in [3.8, 4) is 0 Å². The lowest BCUT2D eigenvalue weighted by Gasteiger charge is -2.11. The molecule has 0 unspecified atom stereocenters. The van der Waals surface area contributed by atoms with Gasteiger partial charge in [0.05, 0.1) is 15.6 Å². The van der Waals surface area contributed by atoms with Gasteiger partial charge in [0, 0.05) is 16.8 Å². The summed E-state index contributed by atoms with van der Waals surface area (Å²) in [6, 6.07) is 16.7. The monoisotopic (exact) mass is 443 g/mol. The molecular weight excluding hydrogens is 426 g/mol. The molecular formula is C21H18ClN3O4S. The highest BCUT2D eigenvalue weighted by atomic mass is 35.5. The van der Waals surface area contributed by atoms with Gasteiger partial charge in [0.2, 0.25) is 5.91 Å². The topological polar surface area (TPSA) is 118 Å². The number of nitrogens with one attached hydrogen (secondary N) is 2. The minimum Gasteiger partial charge on any atom is -0.366 e. The maximum atomic E-state index is 12.5. The number of benzene rings is 3. The van der Waals surface area contributed by atoms with Crippen molar-refractivity contribution in [2.75, 3.05) is 10.0 Å². The normalized spacial score (nSPS) is 11.0. The summed E-state index contributed by atoms with van der Waals surface area (Å²) in [5, 5.41) is 2.73. The molecule has 3 aromatic rings. The number of carbonyl (C=O) groups is 2. The standard InChI is InChI=1S/C21H18ClN3O4S/c1-13-2-9-17(10-3-13)30(28,29)25-19-11-6-15(12-18(19)22)21(27)24-16-7-4-14(5-8-16)20(23)26/h2-12,25H,1H3,(H2,23,26)(H,24,27). The van der Waals surface area contributed by atoms with Crippen LogP contribution in [0.15, 0.2) is 71.6 Å². The highest BCUT2D eigenvalue weighted by Gasteiger charge is 2.17. The van der Waals surface area contributed by atoms with Crippen LogP contribution in [0.1, 0.15) is 26.3 Å². The number of amides is 2. The van der Waals surface area contributed by atoms with Gasteiger partial charge in [0.15, 0.2) is 0 Å².